The zero-order valence-electron chi connectivity index (χ0n) is 19.5. The average molecular weight is 494 g/mol. The van der Waals surface area contributed by atoms with Gasteiger partial charge in [-0.05, 0) is 56.9 Å². The second-order valence-corrected chi connectivity index (χ2v) is 9.94. The van der Waals surface area contributed by atoms with Gasteiger partial charge in [-0.2, -0.15) is 5.10 Å². The highest BCUT2D eigenvalue weighted by Crippen LogP contribution is 2.40. The van der Waals surface area contributed by atoms with Crippen molar-refractivity contribution < 1.29 is 9.13 Å². The van der Waals surface area contributed by atoms with Gasteiger partial charge in [0.15, 0.2) is 0 Å². The molecule has 1 saturated heterocycles. The summed E-state index contributed by atoms with van der Waals surface area (Å²) in [5.74, 6) is 0.130. The highest BCUT2D eigenvalue weighted by molar-refractivity contribution is 6.30. The van der Waals surface area contributed by atoms with Crippen LogP contribution in [0.15, 0.2) is 41.5 Å². The molecule has 2 atom stereocenters. The Hall–Kier alpha value is -3.10. The van der Waals surface area contributed by atoms with Gasteiger partial charge < -0.3 is 4.74 Å². The molecule has 0 N–H and O–H groups in total. The first-order valence-electron chi connectivity index (χ1n) is 11.9. The minimum Gasteiger partial charge on any atom is -0.373 e. The van der Waals surface area contributed by atoms with Crippen molar-refractivity contribution in [3.63, 3.8) is 0 Å². The summed E-state index contributed by atoms with van der Waals surface area (Å²) in [6, 6.07) is 6.81. The Morgan fingerprint density at radius 3 is 2.77 bits per heavy atom. The molecule has 6 rings (SSSR count). The molecule has 3 aromatic heterocycles. The number of halogens is 2. The van der Waals surface area contributed by atoms with Gasteiger partial charge in [-0.25, -0.2) is 9.37 Å². The first-order valence-corrected chi connectivity index (χ1v) is 12.3. The van der Waals surface area contributed by atoms with Crippen LogP contribution in [0.4, 0.5) is 4.39 Å². The van der Waals surface area contributed by atoms with Crippen LogP contribution in [0.2, 0.25) is 5.02 Å². The second-order valence-electron chi connectivity index (χ2n) is 9.50. The number of pyridine rings is 1. The van der Waals surface area contributed by atoms with Crippen molar-refractivity contribution in [3.8, 4) is 11.3 Å². The number of fused-ring (bicyclic) bond motifs is 1. The molecule has 4 heterocycles. The van der Waals surface area contributed by atoms with E-state index in [0.717, 1.165) is 24.1 Å². The van der Waals surface area contributed by atoms with Crippen LogP contribution in [-0.4, -0.2) is 30.9 Å². The van der Waals surface area contributed by atoms with Gasteiger partial charge >= 0.3 is 0 Å². The SMILES string of the molecule is Cc1nc2cc([C@H]3CCO[C@@H](c4cnn(C5CC5)c4)C3)nc(-c3ccc(Cl)cc3F)c2c(=O)n1C. The van der Waals surface area contributed by atoms with Crippen molar-refractivity contribution in [3.05, 3.63) is 74.9 Å². The van der Waals surface area contributed by atoms with Gasteiger partial charge in [-0.15, -0.1) is 0 Å². The fraction of sp³-hybridized carbons (Fsp3) is 0.385. The van der Waals surface area contributed by atoms with E-state index < -0.39 is 5.82 Å². The first-order chi connectivity index (χ1) is 16.9. The molecule has 7 nitrogen and oxygen atoms in total. The Balaban J connectivity index is 1.45. The summed E-state index contributed by atoms with van der Waals surface area (Å²) in [7, 11) is 1.66. The summed E-state index contributed by atoms with van der Waals surface area (Å²) in [6.07, 6.45) is 7.73. The van der Waals surface area contributed by atoms with Crippen LogP contribution in [0.5, 0.6) is 0 Å². The normalized spacial score (nSPS) is 20.5. The van der Waals surface area contributed by atoms with Crippen molar-refractivity contribution in [2.24, 2.45) is 7.05 Å². The third kappa shape index (κ3) is 4.04. The predicted molar refractivity (Wildman–Crippen MR) is 131 cm³/mol. The summed E-state index contributed by atoms with van der Waals surface area (Å²) < 4.78 is 24.6. The fourth-order valence-corrected chi connectivity index (χ4v) is 5.01. The summed E-state index contributed by atoms with van der Waals surface area (Å²) in [5.41, 5.74) is 2.64. The van der Waals surface area contributed by atoms with Crippen molar-refractivity contribution in [2.75, 3.05) is 6.61 Å². The van der Waals surface area contributed by atoms with Crippen LogP contribution in [-0.2, 0) is 11.8 Å². The smallest absolute Gasteiger partial charge is 0.263 e. The van der Waals surface area contributed by atoms with E-state index >= 15 is 4.39 Å². The van der Waals surface area contributed by atoms with E-state index in [1.807, 2.05) is 16.9 Å². The maximum atomic E-state index is 15.0. The predicted octanol–water partition coefficient (Wildman–Crippen LogP) is 5.26. The fourth-order valence-electron chi connectivity index (χ4n) is 4.85. The van der Waals surface area contributed by atoms with Crippen LogP contribution < -0.4 is 5.56 Å². The zero-order chi connectivity index (χ0) is 24.3. The maximum Gasteiger partial charge on any atom is 0.263 e. The molecule has 1 aliphatic heterocycles. The Bertz CT molecular complexity index is 1510. The largest absolute Gasteiger partial charge is 0.373 e. The van der Waals surface area contributed by atoms with Crippen molar-refractivity contribution in [1.82, 2.24) is 24.3 Å². The molecule has 4 aromatic rings. The van der Waals surface area contributed by atoms with E-state index in [1.165, 1.54) is 23.5 Å². The summed E-state index contributed by atoms with van der Waals surface area (Å²) in [5, 5.41) is 5.10. The first kappa shape index (κ1) is 22.4. The summed E-state index contributed by atoms with van der Waals surface area (Å²) in [4.78, 5) is 22.8. The quantitative estimate of drug-likeness (QED) is 0.387. The number of ether oxygens (including phenoxy) is 1. The van der Waals surface area contributed by atoms with Crippen LogP contribution in [0.3, 0.4) is 0 Å². The zero-order valence-corrected chi connectivity index (χ0v) is 20.3. The van der Waals surface area contributed by atoms with Gasteiger partial charge in [0.05, 0.1) is 34.9 Å². The molecule has 1 aliphatic carbocycles. The Kier molecular flexibility index (Phi) is 5.45. The number of hydrogen-bond acceptors (Lipinski definition) is 5. The van der Waals surface area contributed by atoms with E-state index in [2.05, 4.69) is 16.3 Å². The molecule has 2 fully saturated rings. The molecule has 0 radical (unpaired) electrons. The molecule has 35 heavy (non-hydrogen) atoms. The molecule has 0 amide bonds. The number of nitrogens with zero attached hydrogens (tertiary/aromatic N) is 5. The molecule has 1 aromatic carbocycles. The lowest BCUT2D eigenvalue weighted by atomic mass is 9.89. The monoisotopic (exact) mass is 493 g/mol. The van der Waals surface area contributed by atoms with E-state index in [-0.39, 0.29) is 28.2 Å². The topological polar surface area (TPSA) is 74.8 Å². The average Bonchev–Trinajstić information content (AvgIpc) is 3.58. The Morgan fingerprint density at radius 2 is 2.00 bits per heavy atom. The number of aromatic nitrogens is 5. The van der Waals surface area contributed by atoms with Gasteiger partial charge in [0.1, 0.15) is 11.6 Å². The Morgan fingerprint density at radius 1 is 1.17 bits per heavy atom. The molecule has 0 bridgehead atoms. The lowest BCUT2D eigenvalue weighted by molar-refractivity contribution is 0.00462. The Labute approximate surface area is 206 Å². The highest BCUT2D eigenvalue weighted by Gasteiger charge is 2.30. The van der Waals surface area contributed by atoms with Crippen molar-refractivity contribution in [1.29, 1.82) is 0 Å². The summed E-state index contributed by atoms with van der Waals surface area (Å²) >= 11 is 5.99. The molecule has 9 heteroatoms. The lowest BCUT2D eigenvalue weighted by Gasteiger charge is -2.29. The molecular weight excluding hydrogens is 469 g/mol. The standard InChI is InChI=1S/C26H25ClFN5O2/c1-14-30-22-11-21(15-7-8-35-23(9-15)16-12-29-33(13-16)18-4-5-18)31-25(24(22)26(34)32(14)2)19-6-3-17(27)10-20(19)28/h3,6,10-13,15,18,23H,4-5,7-9H2,1-2H3/t15-,23+/m0/s1. The van der Waals surface area contributed by atoms with Crippen molar-refractivity contribution >= 4 is 22.5 Å². The third-order valence-electron chi connectivity index (χ3n) is 7.11. The van der Waals surface area contributed by atoms with Gasteiger partial charge in [0.2, 0.25) is 0 Å². The number of rotatable bonds is 4. The molecular formula is C26H25ClFN5O2. The van der Waals surface area contributed by atoms with Gasteiger partial charge in [0, 0.05) is 47.6 Å². The minimum absolute atomic E-state index is 0.0719. The van der Waals surface area contributed by atoms with E-state index in [1.54, 1.807) is 26.1 Å². The molecule has 180 valence electrons. The van der Waals surface area contributed by atoms with Gasteiger partial charge in [-0.1, -0.05) is 11.6 Å². The van der Waals surface area contributed by atoms with Gasteiger partial charge in [0.25, 0.3) is 5.56 Å². The maximum absolute atomic E-state index is 15.0. The van der Waals surface area contributed by atoms with E-state index in [9.17, 15) is 4.79 Å². The van der Waals surface area contributed by atoms with E-state index in [4.69, 9.17) is 21.3 Å². The number of hydrogen-bond donors (Lipinski definition) is 0. The molecule has 2 aliphatic rings. The lowest BCUT2D eigenvalue weighted by Crippen LogP contribution is -2.23. The second kappa shape index (κ2) is 8.53. The van der Waals surface area contributed by atoms with Crippen LogP contribution in [0.25, 0.3) is 22.2 Å². The highest BCUT2D eigenvalue weighted by atomic mass is 35.5. The minimum atomic E-state index is -0.525. The van der Waals surface area contributed by atoms with Crippen LogP contribution in [0, 0.1) is 12.7 Å². The van der Waals surface area contributed by atoms with E-state index in [0.29, 0.717) is 35.1 Å². The molecule has 0 spiro atoms. The molecule has 0 unspecified atom stereocenters. The van der Waals surface area contributed by atoms with Crippen molar-refractivity contribution in [2.45, 2.75) is 50.7 Å². The van der Waals surface area contributed by atoms with Gasteiger partial charge in [-0.3, -0.25) is 19.0 Å². The third-order valence-corrected chi connectivity index (χ3v) is 7.34. The number of aryl methyl sites for hydroxylation is 1. The van der Waals surface area contributed by atoms with Crippen LogP contribution >= 0.6 is 11.6 Å². The number of benzene rings is 1. The van der Waals surface area contributed by atoms with Crippen LogP contribution in [0.1, 0.15) is 60.8 Å². The summed E-state index contributed by atoms with van der Waals surface area (Å²) in [6.45, 7) is 2.36. The molecule has 1 saturated carbocycles.